The number of carbonyl (C=O) groups excluding carboxylic acids is 1. The van der Waals surface area contributed by atoms with Gasteiger partial charge in [0.15, 0.2) is 0 Å². The molecule has 1 aliphatic rings. The van der Waals surface area contributed by atoms with Crippen LogP contribution in [0.25, 0.3) is 0 Å². The molecule has 1 heterocycles. The van der Waals surface area contributed by atoms with Crippen molar-refractivity contribution in [3.8, 4) is 0 Å². The molecule has 0 atom stereocenters. The third kappa shape index (κ3) is 3.26. The monoisotopic (exact) mass is 297 g/mol. The third-order valence-corrected chi connectivity index (χ3v) is 3.93. The van der Waals surface area contributed by atoms with Gasteiger partial charge in [-0.2, -0.15) is 0 Å². The van der Waals surface area contributed by atoms with Gasteiger partial charge >= 0.3 is 5.97 Å². The highest BCUT2D eigenvalue weighted by molar-refractivity contribution is 5.72. The Labute approximate surface area is 129 Å². The van der Waals surface area contributed by atoms with Crippen LogP contribution in [0.4, 0.5) is 5.69 Å². The molecule has 1 aromatic carbocycles. The van der Waals surface area contributed by atoms with E-state index in [4.69, 9.17) is 10.5 Å². The highest BCUT2D eigenvalue weighted by atomic mass is 16.5. The molecular weight excluding hydrogens is 278 g/mol. The predicted molar refractivity (Wildman–Crippen MR) is 83.8 cm³/mol. The molecule has 0 bridgehead atoms. The smallest absolute Gasteiger partial charge is 0.320 e. The largest absolute Gasteiger partial charge is 0.460 e. The van der Waals surface area contributed by atoms with Gasteiger partial charge in [-0.3, -0.25) is 15.1 Å². The molecule has 0 spiro atoms. The van der Waals surface area contributed by atoms with Crippen molar-refractivity contribution in [2.45, 2.75) is 25.0 Å². The lowest BCUT2D eigenvalue weighted by Crippen LogP contribution is -2.35. The second-order valence-corrected chi connectivity index (χ2v) is 5.54. The molecule has 1 saturated carbocycles. The Hall–Kier alpha value is -2.40. The van der Waals surface area contributed by atoms with Crippen LogP contribution in [0.2, 0.25) is 0 Å². The van der Waals surface area contributed by atoms with Gasteiger partial charge in [0.05, 0.1) is 6.54 Å². The molecule has 1 aliphatic carbocycles. The van der Waals surface area contributed by atoms with Crippen LogP contribution in [0.1, 0.15) is 24.0 Å². The number of aromatic nitrogens is 1. The van der Waals surface area contributed by atoms with Crippen molar-refractivity contribution in [3.63, 3.8) is 0 Å². The van der Waals surface area contributed by atoms with Crippen molar-refractivity contribution in [2.24, 2.45) is 0 Å². The van der Waals surface area contributed by atoms with Crippen molar-refractivity contribution in [2.75, 3.05) is 12.3 Å². The molecule has 5 nitrogen and oxygen atoms in total. The summed E-state index contributed by atoms with van der Waals surface area (Å²) in [6.07, 6.45) is 5.34. The number of benzene rings is 1. The van der Waals surface area contributed by atoms with Gasteiger partial charge < -0.3 is 10.5 Å². The Kier molecular flexibility index (Phi) is 4.06. The first-order valence-electron chi connectivity index (χ1n) is 7.34. The van der Waals surface area contributed by atoms with Gasteiger partial charge in [0.1, 0.15) is 6.61 Å². The molecule has 0 unspecified atom stereocenters. The summed E-state index contributed by atoms with van der Waals surface area (Å²) in [5.74, 6) is -0.266. The maximum Gasteiger partial charge on any atom is 0.320 e. The minimum Gasteiger partial charge on any atom is -0.460 e. The first-order chi connectivity index (χ1) is 10.7. The summed E-state index contributed by atoms with van der Waals surface area (Å²) in [6, 6.07) is 11.4. The Balaban J connectivity index is 1.52. The fraction of sp³-hybridized carbons (Fsp3) is 0.294. The standard InChI is InChI=1S/C17H19N3O2/c18-15-6-9-19-10-14(15)17(7-8-17)20-11-16(21)22-12-13-4-2-1-3-5-13/h1-6,9-10,20H,7-8,11-12H2,(H2,18,19). The van der Waals surface area contributed by atoms with Crippen LogP contribution >= 0.6 is 0 Å². The molecule has 0 radical (unpaired) electrons. The van der Waals surface area contributed by atoms with Crippen LogP contribution in [0.5, 0.6) is 0 Å². The highest BCUT2D eigenvalue weighted by Gasteiger charge is 2.45. The predicted octanol–water partition coefficient (Wildman–Crippen LogP) is 1.99. The van der Waals surface area contributed by atoms with Gasteiger partial charge in [0, 0.05) is 29.2 Å². The van der Waals surface area contributed by atoms with Gasteiger partial charge in [-0.05, 0) is 24.5 Å². The molecule has 114 valence electrons. The van der Waals surface area contributed by atoms with Gasteiger partial charge in [0.2, 0.25) is 0 Å². The number of pyridine rings is 1. The van der Waals surface area contributed by atoms with E-state index >= 15 is 0 Å². The van der Waals surface area contributed by atoms with Crippen LogP contribution in [0, 0.1) is 0 Å². The number of nitrogen functional groups attached to an aromatic ring is 1. The number of nitrogens with one attached hydrogen (secondary N) is 1. The topological polar surface area (TPSA) is 77.2 Å². The van der Waals surface area contributed by atoms with E-state index in [1.807, 2.05) is 30.3 Å². The summed E-state index contributed by atoms with van der Waals surface area (Å²) in [6.45, 7) is 0.463. The normalized spacial score (nSPS) is 15.3. The number of hydrogen-bond acceptors (Lipinski definition) is 5. The van der Waals surface area contributed by atoms with E-state index in [2.05, 4.69) is 10.3 Å². The molecule has 1 aromatic heterocycles. The average Bonchev–Trinajstić information content (AvgIpc) is 3.33. The molecule has 3 N–H and O–H groups in total. The Bertz CT molecular complexity index is 654. The van der Waals surface area contributed by atoms with Gasteiger partial charge in [-0.25, -0.2) is 0 Å². The number of hydrogen-bond donors (Lipinski definition) is 2. The SMILES string of the molecule is Nc1ccncc1C1(NCC(=O)OCc2ccccc2)CC1. The maximum atomic E-state index is 11.9. The summed E-state index contributed by atoms with van der Waals surface area (Å²) < 4.78 is 5.27. The molecule has 5 heteroatoms. The summed E-state index contributed by atoms with van der Waals surface area (Å²) in [5, 5.41) is 3.27. The van der Waals surface area contributed by atoms with E-state index in [0.29, 0.717) is 12.3 Å². The summed E-state index contributed by atoms with van der Waals surface area (Å²) in [7, 11) is 0. The number of ether oxygens (including phenoxy) is 1. The molecular formula is C17H19N3O2. The summed E-state index contributed by atoms with van der Waals surface area (Å²) in [4.78, 5) is 16.0. The van der Waals surface area contributed by atoms with Crippen molar-refractivity contribution >= 4 is 11.7 Å². The minimum atomic E-state index is -0.266. The molecule has 0 saturated heterocycles. The molecule has 1 fully saturated rings. The molecule has 3 rings (SSSR count). The minimum absolute atomic E-state index is 0.168. The zero-order valence-corrected chi connectivity index (χ0v) is 12.3. The maximum absolute atomic E-state index is 11.9. The van der Waals surface area contributed by atoms with Crippen LogP contribution in [-0.4, -0.2) is 17.5 Å². The molecule has 2 aromatic rings. The van der Waals surface area contributed by atoms with Crippen LogP contribution in [-0.2, 0) is 21.7 Å². The second-order valence-electron chi connectivity index (χ2n) is 5.54. The van der Waals surface area contributed by atoms with E-state index in [9.17, 15) is 4.79 Å². The van der Waals surface area contributed by atoms with Crippen molar-refractivity contribution in [1.29, 1.82) is 0 Å². The summed E-state index contributed by atoms with van der Waals surface area (Å²) >= 11 is 0. The lowest BCUT2D eigenvalue weighted by molar-refractivity contribution is -0.144. The molecule has 22 heavy (non-hydrogen) atoms. The number of nitrogens with two attached hydrogens (primary N) is 1. The van der Waals surface area contributed by atoms with Gasteiger partial charge in [-0.1, -0.05) is 30.3 Å². The molecule has 0 aliphatic heterocycles. The highest BCUT2D eigenvalue weighted by Crippen LogP contribution is 2.47. The first kappa shape index (κ1) is 14.5. The average molecular weight is 297 g/mol. The number of rotatable bonds is 6. The Morgan fingerprint density at radius 2 is 2.05 bits per heavy atom. The van der Waals surface area contributed by atoms with Gasteiger partial charge in [-0.15, -0.1) is 0 Å². The fourth-order valence-electron chi connectivity index (χ4n) is 2.50. The fourth-order valence-corrected chi connectivity index (χ4v) is 2.50. The van der Waals surface area contributed by atoms with Crippen molar-refractivity contribution in [3.05, 3.63) is 59.9 Å². The lowest BCUT2D eigenvalue weighted by atomic mass is 10.1. The van der Waals surface area contributed by atoms with Crippen LogP contribution in [0.15, 0.2) is 48.8 Å². The lowest BCUT2D eigenvalue weighted by Gasteiger charge is -2.18. The quantitative estimate of drug-likeness (QED) is 0.797. The van der Waals surface area contributed by atoms with Crippen LogP contribution in [0.3, 0.4) is 0 Å². The zero-order valence-electron chi connectivity index (χ0n) is 12.3. The molecule has 0 amide bonds. The number of anilines is 1. The second kappa shape index (κ2) is 6.15. The Morgan fingerprint density at radius 1 is 1.27 bits per heavy atom. The van der Waals surface area contributed by atoms with Crippen molar-refractivity contribution < 1.29 is 9.53 Å². The third-order valence-electron chi connectivity index (χ3n) is 3.93. The van der Waals surface area contributed by atoms with E-state index < -0.39 is 0 Å². The van der Waals surface area contributed by atoms with Gasteiger partial charge in [0.25, 0.3) is 0 Å². The van der Waals surface area contributed by atoms with Crippen LogP contribution < -0.4 is 11.1 Å². The first-order valence-corrected chi connectivity index (χ1v) is 7.34. The number of carbonyl (C=O) groups is 1. The van der Waals surface area contributed by atoms with E-state index in [1.54, 1.807) is 18.5 Å². The zero-order chi connectivity index (χ0) is 15.4. The van der Waals surface area contributed by atoms with E-state index in [0.717, 1.165) is 24.0 Å². The number of nitrogens with zero attached hydrogens (tertiary/aromatic N) is 1. The number of esters is 1. The Morgan fingerprint density at radius 3 is 2.73 bits per heavy atom. The van der Waals surface area contributed by atoms with Crippen molar-refractivity contribution in [1.82, 2.24) is 10.3 Å². The summed E-state index contributed by atoms with van der Waals surface area (Å²) in [5.41, 5.74) is 8.42. The van der Waals surface area contributed by atoms with E-state index in [1.165, 1.54) is 0 Å². The van der Waals surface area contributed by atoms with E-state index in [-0.39, 0.29) is 18.1 Å².